The summed E-state index contributed by atoms with van der Waals surface area (Å²) in [7, 11) is 0. The standard InChI is InChI=1S/C17H17NO2/c1-12-2-4-13(5-3-12)7-9-17-18-15-10-14(11-19)6-8-16(15)20-17/h2-6,8,10,19H,7,9,11H2,1H3. The highest BCUT2D eigenvalue weighted by Gasteiger charge is 2.06. The summed E-state index contributed by atoms with van der Waals surface area (Å²) in [5.41, 5.74) is 5.01. The van der Waals surface area contributed by atoms with E-state index >= 15 is 0 Å². The Kier molecular flexibility index (Phi) is 3.52. The molecular formula is C17H17NO2. The number of aliphatic hydroxyl groups excluding tert-OH is 1. The molecular weight excluding hydrogens is 250 g/mol. The maximum absolute atomic E-state index is 9.12. The predicted molar refractivity (Wildman–Crippen MR) is 78.5 cm³/mol. The van der Waals surface area contributed by atoms with Crippen LogP contribution in [-0.2, 0) is 19.4 Å². The summed E-state index contributed by atoms with van der Waals surface area (Å²) in [5.74, 6) is 0.746. The number of oxazole rings is 1. The first-order chi connectivity index (χ1) is 9.74. The molecule has 1 N–H and O–H groups in total. The van der Waals surface area contributed by atoms with Gasteiger partial charge in [-0.3, -0.25) is 0 Å². The number of hydrogen-bond donors (Lipinski definition) is 1. The van der Waals surface area contributed by atoms with Crippen molar-refractivity contribution in [1.82, 2.24) is 4.98 Å². The monoisotopic (exact) mass is 267 g/mol. The van der Waals surface area contributed by atoms with Crippen molar-refractivity contribution in [3.8, 4) is 0 Å². The van der Waals surface area contributed by atoms with E-state index in [-0.39, 0.29) is 6.61 Å². The van der Waals surface area contributed by atoms with E-state index in [0.29, 0.717) is 0 Å². The zero-order valence-electron chi connectivity index (χ0n) is 11.5. The van der Waals surface area contributed by atoms with Crippen molar-refractivity contribution >= 4 is 11.1 Å². The molecule has 0 spiro atoms. The van der Waals surface area contributed by atoms with Gasteiger partial charge in [0.1, 0.15) is 5.52 Å². The fraction of sp³-hybridized carbons (Fsp3) is 0.235. The van der Waals surface area contributed by atoms with Gasteiger partial charge in [-0.15, -0.1) is 0 Å². The van der Waals surface area contributed by atoms with E-state index in [1.165, 1.54) is 11.1 Å². The Balaban J connectivity index is 1.75. The van der Waals surface area contributed by atoms with Crippen molar-refractivity contribution < 1.29 is 9.52 Å². The van der Waals surface area contributed by atoms with Gasteiger partial charge in [-0.05, 0) is 36.6 Å². The fourth-order valence-electron chi connectivity index (χ4n) is 2.23. The van der Waals surface area contributed by atoms with Gasteiger partial charge in [0.15, 0.2) is 11.5 Å². The van der Waals surface area contributed by atoms with E-state index < -0.39 is 0 Å². The molecule has 2 aromatic carbocycles. The third-order valence-corrected chi connectivity index (χ3v) is 3.43. The van der Waals surface area contributed by atoms with E-state index in [2.05, 4.69) is 36.2 Å². The molecule has 0 bridgehead atoms. The van der Waals surface area contributed by atoms with E-state index in [0.717, 1.165) is 35.4 Å². The first-order valence-corrected chi connectivity index (χ1v) is 6.79. The van der Waals surface area contributed by atoms with Gasteiger partial charge < -0.3 is 9.52 Å². The van der Waals surface area contributed by atoms with Crippen LogP contribution in [0.1, 0.15) is 22.6 Å². The largest absolute Gasteiger partial charge is 0.441 e. The van der Waals surface area contributed by atoms with Crippen LogP contribution in [0.3, 0.4) is 0 Å². The minimum atomic E-state index is 0.0293. The lowest BCUT2D eigenvalue weighted by atomic mass is 10.1. The van der Waals surface area contributed by atoms with Crippen LogP contribution in [0.2, 0.25) is 0 Å². The molecule has 0 aliphatic heterocycles. The molecule has 102 valence electrons. The Morgan fingerprint density at radius 1 is 1.00 bits per heavy atom. The van der Waals surface area contributed by atoms with Crippen LogP contribution in [0.5, 0.6) is 0 Å². The van der Waals surface area contributed by atoms with Crippen LogP contribution in [0, 0.1) is 6.92 Å². The Morgan fingerprint density at radius 2 is 1.75 bits per heavy atom. The smallest absolute Gasteiger partial charge is 0.195 e. The molecule has 0 saturated heterocycles. The van der Waals surface area contributed by atoms with Gasteiger partial charge in [0.05, 0.1) is 6.61 Å². The molecule has 3 nitrogen and oxygen atoms in total. The molecule has 0 unspecified atom stereocenters. The third kappa shape index (κ3) is 2.73. The molecule has 1 heterocycles. The van der Waals surface area contributed by atoms with Gasteiger partial charge in [0.25, 0.3) is 0 Å². The zero-order chi connectivity index (χ0) is 13.9. The van der Waals surface area contributed by atoms with Gasteiger partial charge in [-0.1, -0.05) is 35.9 Å². The number of aliphatic hydroxyl groups is 1. The summed E-state index contributed by atoms with van der Waals surface area (Å²) in [6, 6.07) is 14.1. The van der Waals surface area contributed by atoms with Crippen LogP contribution in [0.15, 0.2) is 46.9 Å². The number of hydrogen-bond acceptors (Lipinski definition) is 3. The number of rotatable bonds is 4. The molecule has 1 aromatic heterocycles. The summed E-state index contributed by atoms with van der Waals surface area (Å²) in [4.78, 5) is 4.48. The van der Waals surface area contributed by atoms with Crippen LogP contribution >= 0.6 is 0 Å². The van der Waals surface area contributed by atoms with Crippen molar-refractivity contribution in [3.05, 3.63) is 65.0 Å². The highest BCUT2D eigenvalue weighted by Crippen LogP contribution is 2.18. The van der Waals surface area contributed by atoms with E-state index in [4.69, 9.17) is 9.52 Å². The molecule has 0 aliphatic rings. The average Bonchev–Trinajstić information content (AvgIpc) is 2.88. The van der Waals surface area contributed by atoms with Crippen molar-refractivity contribution in [2.75, 3.05) is 0 Å². The quantitative estimate of drug-likeness (QED) is 0.788. The highest BCUT2D eigenvalue weighted by molar-refractivity contribution is 5.73. The lowest BCUT2D eigenvalue weighted by molar-refractivity contribution is 0.282. The first-order valence-electron chi connectivity index (χ1n) is 6.79. The fourth-order valence-corrected chi connectivity index (χ4v) is 2.23. The lowest BCUT2D eigenvalue weighted by Crippen LogP contribution is -1.91. The Bertz CT molecular complexity index is 713. The molecule has 3 rings (SSSR count). The second kappa shape index (κ2) is 5.47. The summed E-state index contributed by atoms with van der Waals surface area (Å²) >= 11 is 0. The second-order valence-corrected chi connectivity index (χ2v) is 5.05. The summed E-state index contributed by atoms with van der Waals surface area (Å²) in [5, 5.41) is 9.12. The van der Waals surface area contributed by atoms with Crippen molar-refractivity contribution in [2.24, 2.45) is 0 Å². The van der Waals surface area contributed by atoms with Crippen LogP contribution < -0.4 is 0 Å². The van der Waals surface area contributed by atoms with E-state index in [1.807, 2.05) is 18.2 Å². The van der Waals surface area contributed by atoms with Crippen LogP contribution in [0.25, 0.3) is 11.1 Å². The number of aryl methyl sites for hydroxylation is 3. The normalized spacial score (nSPS) is 11.1. The Hall–Kier alpha value is -2.13. The average molecular weight is 267 g/mol. The van der Waals surface area contributed by atoms with E-state index in [9.17, 15) is 0 Å². The minimum absolute atomic E-state index is 0.0293. The minimum Gasteiger partial charge on any atom is -0.441 e. The Morgan fingerprint density at radius 3 is 2.50 bits per heavy atom. The molecule has 0 aliphatic carbocycles. The van der Waals surface area contributed by atoms with Gasteiger partial charge >= 0.3 is 0 Å². The molecule has 0 fully saturated rings. The molecule has 3 heteroatoms. The Labute approximate surface area is 117 Å². The lowest BCUT2D eigenvalue weighted by Gasteiger charge is -1.99. The molecule has 3 aromatic rings. The summed E-state index contributed by atoms with van der Waals surface area (Å²) in [6.07, 6.45) is 1.70. The highest BCUT2D eigenvalue weighted by atomic mass is 16.3. The maximum atomic E-state index is 9.12. The first kappa shape index (κ1) is 12.9. The van der Waals surface area contributed by atoms with Crippen molar-refractivity contribution in [2.45, 2.75) is 26.4 Å². The topological polar surface area (TPSA) is 46.3 Å². The molecule has 20 heavy (non-hydrogen) atoms. The summed E-state index contributed by atoms with van der Waals surface area (Å²) in [6.45, 7) is 2.12. The number of aromatic nitrogens is 1. The SMILES string of the molecule is Cc1ccc(CCc2nc3cc(CO)ccc3o2)cc1. The van der Waals surface area contributed by atoms with Gasteiger partial charge in [-0.25, -0.2) is 4.98 Å². The maximum Gasteiger partial charge on any atom is 0.195 e. The van der Waals surface area contributed by atoms with Crippen LogP contribution in [-0.4, -0.2) is 10.1 Å². The van der Waals surface area contributed by atoms with Crippen molar-refractivity contribution in [3.63, 3.8) is 0 Å². The second-order valence-electron chi connectivity index (χ2n) is 5.05. The third-order valence-electron chi connectivity index (χ3n) is 3.43. The molecule has 0 amide bonds. The number of benzene rings is 2. The summed E-state index contributed by atoms with van der Waals surface area (Å²) < 4.78 is 5.72. The predicted octanol–water partition coefficient (Wildman–Crippen LogP) is 3.41. The van der Waals surface area contributed by atoms with Gasteiger partial charge in [0, 0.05) is 6.42 Å². The molecule has 0 saturated carbocycles. The van der Waals surface area contributed by atoms with Gasteiger partial charge in [0.2, 0.25) is 0 Å². The zero-order valence-corrected chi connectivity index (χ0v) is 11.5. The van der Waals surface area contributed by atoms with Crippen molar-refractivity contribution in [1.29, 1.82) is 0 Å². The number of nitrogens with zero attached hydrogens (tertiary/aromatic N) is 1. The van der Waals surface area contributed by atoms with Gasteiger partial charge in [-0.2, -0.15) is 0 Å². The molecule has 0 atom stereocenters. The van der Waals surface area contributed by atoms with E-state index in [1.54, 1.807) is 0 Å². The molecule has 0 radical (unpaired) electrons. The van der Waals surface area contributed by atoms with Crippen LogP contribution in [0.4, 0.5) is 0 Å². The number of fused-ring (bicyclic) bond motifs is 1.